The molecular formula is C20H19Br2N3O2S. The van der Waals surface area contributed by atoms with Crippen molar-refractivity contribution >= 4 is 54.5 Å². The maximum Gasteiger partial charge on any atom is 0.203 e. The lowest BCUT2D eigenvalue weighted by molar-refractivity contribution is 0.286. The van der Waals surface area contributed by atoms with E-state index in [1.165, 1.54) is 11.3 Å². The Labute approximate surface area is 185 Å². The van der Waals surface area contributed by atoms with Crippen molar-refractivity contribution in [3.05, 3.63) is 56.3 Å². The Morgan fingerprint density at radius 3 is 2.57 bits per heavy atom. The highest BCUT2D eigenvalue weighted by Crippen LogP contribution is 2.42. The Morgan fingerprint density at radius 2 is 1.86 bits per heavy atom. The van der Waals surface area contributed by atoms with Crippen LogP contribution >= 0.6 is 43.2 Å². The van der Waals surface area contributed by atoms with E-state index in [1.807, 2.05) is 55.6 Å². The Hall–Kier alpha value is -1.90. The Bertz CT molecular complexity index is 962. The van der Waals surface area contributed by atoms with Gasteiger partial charge in [-0.2, -0.15) is 5.10 Å². The van der Waals surface area contributed by atoms with Gasteiger partial charge in [-0.3, -0.25) is 5.43 Å². The third-order valence-electron chi connectivity index (χ3n) is 3.68. The van der Waals surface area contributed by atoms with Crippen molar-refractivity contribution in [1.82, 2.24) is 4.98 Å². The van der Waals surface area contributed by atoms with Gasteiger partial charge in [0.05, 0.1) is 29.6 Å². The molecule has 0 bridgehead atoms. The van der Waals surface area contributed by atoms with Crippen LogP contribution in [0, 0.1) is 0 Å². The highest BCUT2D eigenvalue weighted by Gasteiger charge is 2.16. The molecule has 0 aliphatic heterocycles. The fourth-order valence-electron chi connectivity index (χ4n) is 2.46. The molecule has 5 nitrogen and oxygen atoms in total. The molecule has 8 heteroatoms. The fourth-order valence-corrected chi connectivity index (χ4v) is 4.07. The van der Waals surface area contributed by atoms with Crippen LogP contribution in [0.15, 0.2) is 55.8 Å². The second-order valence-corrected chi connectivity index (χ2v) is 8.01. The molecule has 1 heterocycles. The van der Waals surface area contributed by atoms with Crippen LogP contribution in [-0.2, 0) is 0 Å². The number of halogens is 2. The SMILES string of the molecule is CCOc1cc(C=NNc2nc(-c3ccccc3)cs2)c(Br)c(Br)c1OCC. The molecule has 28 heavy (non-hydrogen) atoms. The van der Waals surface area contributed by atoms with Gasteiger partial charge in [0.25, 0.3) is 0 Å². The molecular weight excluding hydrogens is 506 g/mol. The third-order valence-corrected chi connectivity index (χ3v) is 6.57. The van der Waals surface area contributed by atoms with Crippen LogP contribution in [0.4, 0.5) is 5.13 Å². The minimum absolute atomic E-state index is 0.546. The Kier molecular flexibility index (Phi) is 7.47. The summed E-state index contributed by atoms with van der Waals surface area (Å²) in [7, 11) is 0. The van der Waals surface area contributed by atoms with Crippen molar-refractivity contribution in [2.75, 3.05) is 18.6 Å². The summed E-state index contributed by atoms with van der Waals surface area (Å²) in [6.07, 6.45) is 1.72. The molecule has 3 aromatic rings. The minimum atomic E-state index is 0.546. The predicted molar refractivity (Wildman–Crippen MR) is 123 cm³/mol. The largest absolute Gasteiger partial charge is 0.490 e. The van der Waals surface area contributed by atoms with Crippen LogP contribution in [0.1, 0.15) is 19.4 Å². The first-order valence-corrected chi connectivity index (χ1v) is 11.2. The predicted octanol–water partition coefficient (Wildman–Crippen LogP) is 6.58. The van der Waals surface area contributed by atoms with E-state index in [0.29, 0.717) is 24.7 Å². The molecule has 2 aromatic carbocycles. The number of aromatic nitrogens is 1. The van der Waals surface area contributed by atoms with E-state index in [1.54, 1.807) is 6.21 Å². The van der Waals surface area contributed by atoms with Gasteiger partial charge in [-0.05, 0) is 51.8 Å². The number of hydrogen-bond acceptors (Lipinski definition) is 6. The average Bonchev–Trinajstić information content (AvgIpc) is 3.18. The molecule has 0 saturated heterocycles. The molecule has 3 rings (SSSR count). The summed E-state index contributed by atoms with van der Waals surface area (Å²) in [6.45, 7) is 4.97. The first-order valence-electron chi connectivity index (χ1n) is 8.71. The van der Waals surface area contributed by atoms with Crippen molar-refractivity contribution in [2.24, 2.45) is 5.10 Å². The molecule has 0 amide bonds. The van der Waals surface area contributed by atoms with E-state index in [4.69, 9.17) is 9.47 Å². The molecule has 0 fully saturated rings. The lowest BCUT2D eigenvalue weighted by atomic mass is 10.2. The smallest absolute Gasteiger partial charge is 0.203 e. The van der Waals surface area contributed by atoms with Gasteiger partial charge in [-0.1, -0.05) is 30.3 Å². The van der Waals surface area contributed by atoms with Crippen LogP contribution in [0.25, 0.3) is 11.3 Å². The second kappa shape index (κ2) is 10.0. The molecule has 146 valence electrons. The number of benzene rings is 2. The topological polar surface area (TPSA) is 55.7 Å². The van der Waals surface area contributed by atoms with E-state index in [-0.39, 0.29) is 0 Å². The molecule has 0 aliphatic carbocycles. The van der Waals surface area contributed by atoms with Crippen molar-refractivity contribution in [2.45, 2.75) is 13.8 Å². The van der Waals surface area contributed by atoms with Crippen LogP contribution in [0.5, 0.6) is 11.5 Å². The molecule has 0 aliphatic rings. The number of anilines is 1. The van der Waals surface area contributed by atoms with Gasteiger partial charge in [-0.25, -0.2) is 4.98 Å². The number of hydrazone groups is 1. The number of nitrogens with one attached hydrogen (secondary N) is 1. The third kappa shape index (κ3) is 4.92. The van der Waals surface area contributed by atoms with Crippen molar-refractivity contribution in [3.8, 4) is 22.8 Å². The van der Waals surface area contributed by atoms with Crippen molar-refractivity contribution < 1.29 is 9.47 Å². The van der Waals surface area contributed by atoms with Crippen LogP contribution < -0.4 is 14.9 Å². The van der Waals surface area contributed by atoms with Crippen molar-refractivity contribution in [3.63, 3.8) is 0 Å². The maximum atomic E-state index is 5.71. The Morgan fingerprint density at radius 1 is 1.11 bits per heavy atom. The minimum Gasteiger partial charge on any atom is -0.490 e. The van der Waals surface area contributed by atoms with Crippen molar-refractivity contribution in [1.29, 1.82) is 0 Å². The zero-order valence-electron chi connectivity index (χ0n) is 15.4. The molecule has 1 aromatic heterocycles. The van der Waals surface area contributed by atoms with Crippen LogP contribution in [0.3, 0.4) is 0 Å². The molecule has 0 spiro atoms. The molecule has 0 atom stereocenters. The van der Waals surface area contributed by atoms with E-state index in [9.17, 15) is 0 Å². The molecule has 0 unspecified atom stereocenters. The number of ether oxygens (including phenoxy) is 2. The second-order valence-electron chi connectivity index (χ2n) is 5.56. The average molecular weight is 525 g/mol. The lowest BCUT2D eigenvalue weighted by Crippen LogP contribution is -2.02. The molecule has 0 radical (unpaired) electrons. The van der Waals surface area contributed by atoms with Gasteiger partial charge >= 0.3 is 0 Å². The molecule has 1 N–H and O–H groups in total. The summed E-state index contributed by atoms with van der Waals surface area (Å²) in [4.78, 5) is 4.57. The first kappa shape index (κ1) is 20.8. The maximum absolute atomic E-state index is 5.71. The summed E-state index contributed by atoms with van der Waals surface area (Å²) < 4.78 is 13.1. The van der Waals surface area contributed by atoms with E-state index < -0.39 is 0 Å². The highest BCUT2D eigenvalue weighted by atomic mass is 79.9. The summed E-state index contributed by atoms with van der Waals surface area (Å²) in [5.41, 5.74) is 5.84. The first-order chi connectivity index (χ1) is 13.6. The Balaban J connectivity index is 1.78. The van der Waals surface area contributed by atoms with Gasteiger partial charge in [0.1, 0.15) is 0 Å². The van der Waals surface area contributed by atoms with Gasteiger partial charge in [0.2, 0.25) is 5.13 Å². The summed E-state index contributed by atoms with van der Waals surface area (Å²) >= 11 is 8.67. The zero-order valence-corrected chi connectivity index (χ0v) is 19.4. The molecule has 0 saturated carbocycles. The number of nitrogens with zero attached hydrogens (tertiary/aromatic N) is 2. The van der Waals surface area contributed by atoms with E-state index >= 15 is 0 Å². The van der Waals surface area contributed by atoms with E-state index in [0.717, 1.165) is 30.9 Å². The van der Waals surface area contributed by atoms with Gasteiger partial charge in [-0.15, -0.1) is 11.3 Å². The number of rotatable bonds is 8. The number of thiazole rings is 1. The van der Waals surface area contributed by atoms with Gasteiger partial charge in [0.15, 0.2) is 11.5 Å². The lowest BCUT2D eigenvalue weighted by Gasteiger charge is -2.15. The quantitative estimate of drug-likeness (QED) is 0.267. The zero-order chi connectivity index (χ0) is 19.9. The summed E-state index contributed by atoms with van der Waals surface area (Å²) in [5.74, 6) is 1.34. The normalized spacial score (nSPS) is 11.0. The fraction of sp³-hybridized carbons (Fsp3) is 0.200. The summed E-state index contributed by atoms with van der Waals surface area (Å²) in [6, 6.07) is 11.9. The number of hydrogen-bond donors (Lipinski definition) is 1. The van der Waals surface area contributed by atoms with Crippen LogP contribution in [-0.4, -0.2) is 24.4 Å². The van der Waals surface area contributed by atoms with Gasteiger partial charge in [0, 0.05) is 21.0 Å². The van der Waals surface area contributed by atoms with Gasteiger partial charge < -0.3 is 9.47 Å². The highest BCUT2D eigenvalue weighted by molar-refractivity contribution is 9.13. The summed E-state index contributed by atoms with van der Waals surface area (Å²) in [5, 5.41) is 7.05. The van der Waals surface area contributed by atoms with Crippen LogP contribution in [0.2, 0.25) is 0 Å². The monoisotopic (exact) mass is 523 g/mol. The van der Waals surface area contributed by atoms with E-state index in [2.05, 4.69) is 47.4 Å². The standard InChI is InChI=1S/C20H19Br2N3O2S/c1-3-26-16-10-14(17(21)18(22)19(16)27-4-2)11-23-25-20-24-15(12-28-20)13-8-6-5-7-9-13/h5-12H,3-4H2,1-2H3,(H,24,25).